The Labute approximate surface area is 118 Å². The van der Waals surface area contributed by atoms with Gasteiger partial charge < -0.3 is 10.4 Å². The predicted octanol–water partition coefficient (Wildman–Crippen LogP) is 2.02. The van der Waals surface area contributed by atoms with Gasteiger partial charge in [0.05, 0.1) is 11.8 Å². The largest absolute Gasteiger partial charge is 0.393 e. The van der Waals surface area contributed by atoms with Crippen LogP contribution >= 0.6 is 11.5 Å². The van der Waals surface area contributed by atoms with Crippen molar-refractivity contribution in [3.63, 3.8) is 0 Å². The summed E-state index contributed by atoms with van der Waals surface area (Å²) in [4.78, 5) is 12.6. The summed E-state index contributed by atoms with van der Waals surface area (Å²) >= 11 is 1.13. The van der Waals surface area contributed by atoms with E-state index in [-0.39, 0.29) is 11.3 Å². The molecule has 1 atom stereocenters. The van der Waals surface area contributed by atoms with Crippen LogP contribution in [-0.2, 0) is 6.42 Å². The van der Waals surface area contributed by atoms with Gasteiger partial charge in [-0.2, -0.15) is 0 Å². The van der Waals surface area contributed by atoms with E-state index in [0.29, 0.717) is 17.8 Å². The summed E-state index contributed by atoms with van der Waals surface area (Å²) < 4.78 is 3.83. The van der Waals surface area contributed by atoms with E-state index >= 15 is 0 Å². The Morgan fingerprint density at radius 3 is 2.74 bits per heavy atom. The summed E-state index contributed by atoms with van der Waals surface area (Å²) in [5.74, 6) is -0.139. The lowest BCUT2D eigenvalue weighted by Crippen LogP contribution is -2.32. The molecule has 0 aliphatic heterocycles. The van der Waals surface area contributed by atoms with Crippen molar-refractivity contribution in [1.82, 2.24) is 14.9 Å². The summed E-state index contributed by atoms with van der Waals surface area (Å²) in [5, 5.41) is 16.7. The number of carbonyl (C=O) groups excluding carboxylic acids is 1. The summed E-state index contributed by atoms with van der Waals surface area (Å²) in [6.45, 7) is 8.44. The van der Waals surface area contributed by atoms with Gasteiger partial charge >= 0.3 is 0 Å². The molecular weight excluding hydrogens is 262 g/mol. The van der Waals surface area contributed by atoms with Crippen molar-refractivity contribution in [2.24, 2.45) is 5.41 Å². The Kier molecular flexibility index (Phi) is 5.87. The Bertz CT molecular complexity index is 412. The highest BCUT2D eigenvalue weighted by atomic mass is 32.1. The zero-order chi connectivity index (χ0) is 14.5. The van der Waals surface area contributed by atoms with Gasteiger partial charge in [-0.05, 0) is 29.8 Å². The number of carbonyl (C=O) groups is 1. The van der Waals surface area contributed by atoms with E-state index in [1.807, 2.05) is 27.7 Å². The molecule has 0 saturated heterocycles. The van der Waals surface area contributed by atoms with E-state index in [1.165, 1.54) is 0 Å². The average Bonchev–Trinajstić information content (AvgIpc) is 2.76. The fraction of sp³-hybridized carbons (Fsp3) is 0.769. The maximum absolute atomic E-state index is 12.0. The summed E-state index contributed by atoms with van der Waals surface area (Å²) in [6.07, 6.45) is 1.82. The SMILES string of the molecule is CCCc1nnsc1C(=O)NCCC(O)C(C)(C)C. The van der Waals surface area contributed by atoms with Crippen molar-refractivity contribution in [2.45, 2.75) is 53.1 Å². The molecule has 0 saturated carbocycles. The standard InChI is InChI=1S/C13H23N3O2S/c1-5-6-9-11(19-16-15-9)12(18)14-8-7-10(17)13(2,3)4/h10,17H,5-8H2,1-4H3,(H,14,18). The average molecular weight is 285 g/mol. The van der Waals surface area contributed by atoms with Crippen LogP contribution in [0.5, 0.6) is 0 Å². The number of hydrogen-bond donors (Lipinski definition) is 2. The van der Waals surface area contributed by atoms with Crippen molar-refractivity contribution in [3.05, 3.63) is 10.6 Å². The van der Waals surface area contributed by atoms with Gasteiger partial charge in [0.15, 0.2) is 0 Å². The molecule has 2 N–H and O–H groups in total. The van der Waals surface area contributed by atoms with Crippen LogP contribution in [0.2, 0.25) is 0 Å². The minimum atomic E-state index is -0.428. The van der Waals surface area contributed by atoms with E-state index in [0.717, 1.165) is 30.1 Å². The van der Waals surface area contributed by atoms with Crippen molar-refractivity contribution >= 4 is 17.4 Å². The number of aromatic nitrogens is 2. The van der Waals surface area contributed by atoms with Gasteiger partial charge in [0.25, 0.3) is 5.91 Å². The molecular formula is C13H23N3O2S. The van der Waals surface area contributed by atoms with E-state index in [9.17, 15) is 9.90 Å². The number of aliphatic hydroxyl groups is 1. The maximum Gasteiger partial charge on any atom is 0.264 e. The second kappa shape index (κ2) is 6.96. The van der Waals surface area contributed by atoms with Gasteiger partial charge in [-0.25, -0.2) is 0 Å². The predicted molar refractivity (Wildman–Crippen MR) is 76.3 cm³/mol. The number of amides is 1. The molecule has 0 fully saturated rings. The molecule has 1 aromatic heterocycles. The first-order valence-electron chi connectivity index (χ1n) is 6.63. The first-order chi connectivity index (χ1) is 8.86. The lowest BCUT2D eigenvalue weighted by atomic mass is 9.87. The van der Waals surface area contributed by atoms with Gasteiger partial charge in [0.1, 0.15) is 4.88 Å². The molecule has 19 heavy (non-hydrogen) atoms. The molecule has 1 rings (SSSR count). The highest BCUT2D eigenvalue weighted by Crippen LogP contribution is 2.21. The van der Waals surface area contributed by atoms with E-state index in [4.69, 9.17) is 0 Å². The molecule has 0 aromatic carbocycles. The Balaban J connectivity index is 2.45. The number of nitrogens with zero attached hydrogens (tertiary/aromatic N) is 2. The molecule has 0 bridgehead atoms. The Hall–Kier alpha value is -1.01. The second-order valence-electron chi connectivity index (χ2n) is 5.73. The first-order valence-corrected chi connectivity index (χ1v) is 7.41. The molecule has 0 aliphatic rings. The summed E-state index contributed by atoms with van der Waals surface area (Å²) in [6, 6.07) is 0. The van der Waals surface area contributed by atoms with Crippen molar-refractivity contribution in [1.29, 1.82) is 0 Å². The molecule has 5 nitrogen and oxygen atoms in total. The van der Waals surface area contributed by atoms with Crippen molar-refractivity contribution in [2.75, 3.05) is 6.54 Å². The Morgan fingerprint density at radius 2 is 2.16 bits per heavy atom. The minimum absolute atomic E-state index is 0.139. The molecule has 1 unspecified atom stereocenters. The van der Waals surface area contributed by atoms with Crippen LogP contribution in [-0.4, -0.2) is 33.2 Å². The van der Waals surface area contributed by atoms with Gasteiger partial charge in [-0.3, -0.25) is 4.79 Å². The Morgan fingerprint density at radius 1 is 1.47 bits per heavy atom. The number of aryl methyl sites for hydroxylation is 1. The van der Waals surface area contributed by atoms with Gasteiger partial charge in [0.2, 0.25) is 0 Å². The van der Waals surface area contributed by atoms with Crippen LogP contribution < -0.4 is 5.32 Å². The zero-order valence-electron chi connectivity index (χ0n) is 12.1. The van der Waals surface area contributed by atoms with Crippen LogP contribution in [0, 0.1) is 5.41 Å². The number of aliphatic hydroxyl groups excluding tert-OH is 1. The second-order valence-corrected chi connectivity index (χ2v) is 6.48. The molecule has 1 aromatic rings. The third-order valence-electron chi connectivity index (χ3n) is 2.95. The van der Waals surface area contributed by atoms with Crippen LogP contribution in [0.15, 0.2) is 0 Å². The summed E-state index contributed by atoms with van der Waals surface area (Å²) in [5.41, 5.74) is 0.603. The molecule has 6 heteroatoms. The van der Waals surface area contributed by atoms with Crippen molar-refractivity contribution in [3.8, 4) is 0 Å². The number of hydrogen-bond acceptors (Lipinski definition) is 5. The molecule has 1 heterocycles. The number of rotatable bonds is 6. The lowest BCUT2D eigenvalue weighted by Gasteiger charge is -2.25. The molecule has 0 spiro atoms. The normalized spacial score (nSPS) is 13.3. The first kappa shape index (κ1) is 16.0. The van der Waals surface area contributed by atoms with E-state index < -0.39 is 6.10 Å². The number of nitrogens with one attached hydrogen (secondary N) is 1. The van der Waals surface area contributed by atoms with Crippen LogP contribution in [0.3, 0.4) is 0 Å². The highest BCUT2D eigenvalue weighted by Gasteiger charge is 2.22. The molecule has 0 aliphatic carbocycles. The molecule has 108 valence electrons. The maximum atomic E-state index is 12.0. The van der Waals surface area contributed by atoms with Crippen LogP contribution in [0.25, 0.3) is 0 Å². The van der Waals surface area contributed by atoms with E-state index in [1.54, 1.807) is 0 Å². The third-order valence-corrected chi connectivity index (χ3v) is 3.72. The van der Waals surface area contributed by atoms with E-state index in [2.05, 4.69) is 14.9 Å². The topological polar surface area (TPSA) is 75.1 Å². The fourth-order valence-corrected chi connectivity index (χ4v) is 2.24. The third kappa shape index (κ3) is 4.87. The molecule has 0 radical (unpaired) electrons. The fourth-order valence-electron chi connectivity index (χ4n) is 1.62. The van der Waals surface area contributed by atoms with Crippen molar-refractivity contribution < 1.29 is 9.90 Å². The van der Waals surface area contributed by atoms with Gasteiger partial charge in [-0.15, -0.1) is 5.10 Å². The zero-order valence-corrected chi connectivity index (χ0v) is 12.9. The quantitative estimate of drug-likeness (QED) is 0.838. The monoisotopic (exact) mass is 285 g/mol. The minimum Gasteiger partial charge on any atom is -0.393 e. The van der Waals surface area contributed by atoms with Gasteiger partial charge in [-0.1, -0.05) is 38.6 Å². The van der Waals surface area contributed by atoms with Crippen LogP contribution in [0.1, 0.15) is 55.9 Å². The lowest BCUT2D eigenvalue weighted by molar-refractivity contribution is 0.0551. The molecule has 1 amide bonds. The van der Waals surface area contributed by atoms with Gasteiger partial charge in [0, 0.05) is 6.54 Å². The smallest absolute Gasteiger partial charge is 0.264 e. The highest BCUT2D eigenvalue weighted by molar-refractivity contribution is 7.08. The van der Waals surface area contributed by atoms with Crippen LogP contribution in [0.4, 0.5) is 0 Å². The summed E-state index contributed by atoms with van der Waals surface area (Å²) in [7, 11) is 0.